The summed E-state index contributed by atoms with van der Waals surface area (Å²) >= 11 is 0. The van der Waals surface area contributed by atoms with E-state index in [1.54, 1.807) is 0 Å². The van der Waals surface area contributed by atoms with E-state index in [9.17, 15) is 9.59 Å². The maximum Gasteiger partial charge on any atom is 0.407 e. The van der Waals surface area contributed by atoms with Gasteiger partial charge in [-0.15, -0.1) is 0 Å². The van der Waals surface area contributed by atoms with Crippen LogP contribution in [0.3, 0.4) is 0 Å². The summed E-state index contributed by atoms with van der Waals surface area (Å²) in [5.74, 6) is 0.00492. The number of nitrogens with one attached hydrogen (secondary N) is 1. The smallest absolute Gasteiger partial charge is 0.407 e. The summed E-state index contributed by atoms with van der Waals surface area (Å²) in [7, 11) is 0. The van der Waals surface area contributed by atoms with Crippen molar-refractivity contribution in [3.05, 3.63) is 35.9 Å². The van der Waals surface area contributed by atoms with Gasteiger partial charge in [-0.2, -0.15) is 0 Å². The second kappa shape index (κ2) is 8.56. The van der Waals surface area contributed by atoms with Gasteiger partial charge in [-0.1, -0.05) is 50.1 Å². The molecule has 0 unspecified atom stereocenters. The van der Waals surface area contributed by atoms with Crippen molar-refractivity contribution >= 4 is 12.1 Å². The standard InChI is InChI=1S/C18H25NO4/c1-13-7-9-15(10-8-13)16(11-17(20)21)19-18(22)23-12-14-5-3-2-4-6-14/h2-6,13,15-16H,7-12H2,1H3,(H,19,22)(H,20,21)/t13?,15?,16-/m1/s1. The van der Waals surface area contributed by atoms with Crippen LogP contribution in [0.15, 0.2) is 30.3 Å². The first kappa shape index (κ1) is 17.3. The van der Waals surface area contributed by atoms with Crippen LogP contribution < -0.4 is 5.32 Å². The molecule has 1 saturated carbocycles. The lowest BCUT2D eigenvalue weighted by Gasteiger charge is -2.32. The Kier molecular flexibility index (Phi) is 6.44. The summed E-state index contributed by atoms with van der Waals surface area (Å²) in [6.07, 6.45) is 3.48. The van der Waals surface area contributed by atoms with Gasteiger partial charge in [0.1, 0.15) is 6.61 Å². The van der Waals surface area contributed by atoms with Crippen LogP contribution in [0.25, 0.3) is 0 Å². The SMILES string of the molecule is CC1CCC([C@@H](CC(=O)O)NC(=O)OCc2ccccc2)CC1. The van der Waals surface area contributed by atoms with E-state index in [1.165, 1.54) is 0 Å². The van der Waals surface area contributed by atoms with Gasteiger partial charge >= 0.3 is 12.1 Å². The molecule has 1 atom stereocenters. The van der Waals surface area contributed by atoms with Crippen molar-refractivity contribution < 1.29 is 19.4 Å². The van der Waals surface area contributed by atoms with E-state index in [-0.39, 0.29) is 25.0 Å². The van der Waals surface area contributed by atoms with Crippen molar-refractivity contribution in [2.75, 3.05) is 0 Å². The molecule has 0 aliphatic heterocycles. The molecule has 0 aromatic heterocycles. The fraction of sp³-hybridized carbons (Fsp3) is 0.556. The van der Waals surface area contributed by atoms with Gasteiger partial charge in [-0.3, -0.25) is 4.79 Å². The predicted octanol–water partition coefficient (Wildman–Crippen LogP) is 3.58. The van der Waals surface area contributed by atoms with Crippen molar-refractivity contribution in [2.24, 2.45) is 11.8 Å². The van der Waals surface area contributed by atoms with E-state index in [0.717, 1.165) is 31.2 Å². The van der Waals surface area contributed by atoms with E-state index in [4.69, 9.17) is 9.84 Å². The number of ether oxygens (including phenoxy) is 1. The highest BCUT2D eigenvalue weighted by molar-refractivity contribution is 5.71. The maximum absolute atomic E-state index is 12.0. The van der Waals surface area contributed by atoms with E-state index in [0.29, 0.717) is 5.92 Å². The minimum absolute atomic E-state index is 0.0561. The number of hydrogen-bond donors (Lipinski definition) is 2. The fourth-order valence-electron chi connectivity index (χ4n) is 3.13. The molecule has 1 aromatic carbocycles. The molecule has 0 saturated heterocycles. The van der Waals surface area contributed by atoms with Crippen LogP contribution in [0.4, 0.5) is 4.79 Å². The number of alkyl carbamates (subject to hydrolysis) is 1. The van der Waals surface area contributed by atoms with Gasteiger partial charge < -0.3 is 15.2 Å². The molecule has 1 amide bonds. The van der Waals surface area contributed by atoms with Crippen molar-refractivity contribution in [1.82, 2.24) is 5.32 Å². The molecule has 0 bridgehead atoms. The number of aliphatic carboxylic acids is 1. The van der Waals surface area contributed by atoms with Crippen LogP contribution in [0.5, 0.6) is 0 Å². The Labute approximate surface area is 137 Å². The molecule has 0 heterocycles. The van der Waals surface area contributed by atoms with Crippen molar-refractivity contribution in [3.8, 4) is 0 Å². The van der Waals surface area contributed by atoms with Gasteiger partial charge in [0.15, 0.2) is 0 Å². The first-order valence-corrected chi connectivity index (χ1v) is 8.23. The third-order valence-electron chi connectivity index (χ3n) is 4.54. The summed E-state index contributed by atoms with van der Waals surface area (Å²) in [6.45, 7) is 2.40. The number of amides is 1. The van der Waals surface area contributed by atoms with E-state index < -0.39 is 12.1 Å². The normalized spacial score (nSPS) is 22.1. The summed E-state index contributed by atoms with van der Waals surface area (Å²) < 4.78 is 5.21. The highest BCUT2D eigenvalue weighted by Crippen LogP contribution is 2.31. The number of carboxylic acid groups (broad SMARTS) is 1. The first-order chi connectivity index (χ1) is 11.0. The average molecular weight is 319 g/mol. The van der Waals surface area contributed by atoms with E-state index in [1.807, 2.05) is 30.3 Å². The molecular weight excluding hydrogens is 294 g/mol. The Morgan fingerprint density at radius 2 is 1.87 bits per heavy atom. The van der Waals surface area contributed by atoms with Crippen LogP contribution in [0.2, 0.25) is 0 Å². The Balaban J connectivity index is 1.86. The Morgan fingerprint density at radius 3 is 2.48 bits per heavy atom. The number of carbonyl (C=O) groups is 2. The third-order valence-corrected chi connectivity index (χ3v) is 4.54. The summed E-state index contributed by atoms with van der Waals surface area (Å²) in [4.78, 5) is 23.1. The Hall–Kier alpha value is -2.04. The van der Waals surface area contributed by atoms with Crippen LogP contribution in [-0.4, -0.2) is 23.2 Å². The Morgan fingerprint density at radius 1 is 1.22 bits per heavy atom. The number of hydrogen-bond acceptors (Lipinski definition) is 3. The van der Waals surface area contributed by atoms with Crippen LogP contribution >= 0.6 is 0 Å². The van der Waals surface area contributed by atoms with Gasteiger partial charge in [-0.25, -0.2) is 4.79 Å². The third kappa shape index (κ3) is 5.93. The number of carboxylic acids is 1. The molecule has 126 valence electrons. The molecule has 1 aliphatic rings. The van der Waals surface area contributed by atoms with Gasteiger partial charge in [0.25, 0.3) is 0 Å². The maximum atomic E-state index is 12.0. The van der Waals surface area contributed by atoms with Crippen molar-refractivity contribution in [1.29, 1.82) is 0 Å². The lowest BCUT2D eigenvalue weighted by atomic mass is 9.78. The molecule has 0 spiro atoms. The molecular formula is C18H25NO4. The largest absolute Gasteiger partial charge is 0.481 e. The van der Waals surface area contributed by atoms with Gasteiger partial charge in [-0.05, 0) is 30.2 Å². The van der Waals surface area contributed by atoms with Crippen LogP contribution in [0.1, 0.15) is 44.6 Å². The second-order valence-corrected chi connectivity index (χ2v) is 6.43. The molecule has 1 aliphatic carbocycles. The molecule has 5 nitrogen and oxygen atoms in total. The highest BCUT2D eigenvalue weighted by Gasteiger charge is 2.29. The summed E-state index contributed by atoms with van der Waals surface area (Å²) in [5, 5.41) is 11.9. The number of rotatable bonds is 6. The molecule has 0 radical (unpaired) electrons. The van der Waals surface area contributed by atoms with Crippen molar-refractivity contribution in [3.63, 3.8) is 0 Å². The monoisotopic (exact) mass is 319 g/mol. The lowest BCUT2D eigenvalue weighted by Crippen LogP contribution is -2.43. The molecule has 23 heavy (non-hydrogen) atoms. The quantitative estimate of drug-likeness (QED) is 0.840. The lowest BCUT2D eigenvalue weighted by molar-refractivity contribution is -0.137. The van der Waals surface area contributed by atoms with Gasteiger partial charge in [0.2, 0.25) is 0 Å². The zero-order chi connectivity index (χ0) is 16.7. The van der Waals surface area contributed by atoms with Crippen LogP contribution in [0, 0.1) is 11.8 Å². The minimum atomic E-state index is -0.892. The minimum Gasteiger partial charge on any atom is -0.481 e. The molecule has 2 rings (SSSR count). The molecule has 2 N–H and O–H groups in total. The zero-order valence-electron chi connectivity index (χ0n) is 13.5. The second-order valence-electron chi connectivity index (χ2n) is 6.43. The van der Waals surface area contributed by atoms with Crippen molar-refractivity contribution in [2.45, 2.75) is 51.7 Å². The molecule has 1 aromatic rings. The molecule has 1 fully saturated rings. The van der Waals surface area contributed by atoms with Crippen LogP contribution in [-0.2, 0) is 16.1 Å². The predicted molar refractivity (Wildman–Crippen MR) is 86.9 cm³/mol. The van der Waals surface area contributed by atoms with E-state index in [2.05, 4.69) is 12.2 Å². The Bertz CT molecular complexity index is 509. The number of benzene rings is 1. The fourth-order valence-corrected chi connectivity index (χ4v) is 3.13. The zero-order valence-corrected chi connectivity index (χ0v) is 13.5. The van der Waals surface area contributed by atoms with Gasteiger partial charge in [0, 0.05) is 6.04 Å². The van der Waals surface area contributed by atoms with Gasteiger partial charge in [0.05, 0.1) is 6.42 Å². The highest BCUT2D eigenvalue weighted by atomic mass is 16.5. The topological polar surface area (TPSA) is 75.6 Å². The first-order valence-electron chi connectivity index (χ1n) is 8.23. The summed E-state index contributed by atoms with van der Waals surface area (Å²) in [5.41, 5.74) is 0.906. The summed E-state index contributed by atoms with van der Waals surface area (Å²) in [6, 6.07) is 9.06. The van der Waals surface area contributed by atoms with E-state index >= 15 is 0 Å². The molecule has 5 heteroatoms. The number of carbonyl (C=O) groups excluding carboxylic acids is 1. The average Bonchev–Trinajstić information content (AvgIpc) is 2.53.